The van der Waals surface area contributed by atoms with Gasteiger partial charge < -0.3 is 19.8 Å². The van der Waals surface area contributed by atoms with Gasteiger partial charge in [-0.2, -0.15) is 0 Å². The summed E-state index contributed by atoms with van der Waals surface area (Å²) in [6.07, 6.45) is 17.0. The van der Waals surface area contributed by atoms with Crippen LogP contribution in [0, 0.1) is 13.8 Å². The van der Waals surface area contributed by atoms with Crippen molar-refractivity contribution in [2.75, 3.05) is 10.6 Å². The molecule has 8 aromatic rings. The van der Waals surface area contributed by atoms with Gasteiger partial charge in [0.25, 0.3) is 0 Å². The van der Waals surface area contributed by atoms with Crippen molar-refractivity contribution in [1.29, 1.82) is 0 Å². The molecular formula is C54H64N12+2. The second-order valence-corrected chi connectivity index (χ2v) is 17.2. The van der Waals surface area contributed by atoms with Crippen LogP contribution in [-0.4, -0.2) is 18.3 Å². The molecule has 0 fully saturated rings. The maximum atomic E-state index is 4.66. The van der Waals surface area contributed by atoms with Crippen molar-refractivity contribution in [2.45, 2.75) is 92.2 Å². The molecule has 0 atom stereocenters. The molecule has 4 aromatic heterocycles. The predicted octanol–water partition coefficient (Wildman–Crippen LogP) is 13.6. The van der Waals surface area contributed by atoms with Crippen LogP contribution in [0.25, 0.3) is 11.4 Å². The fourth-order valence-electron chi connectivity index (χ4n) is 8.53. The Hall–Kier alpha value is -7.34. The van der Waals surface area contributed by atoms with Gasteiger partial charge in [0.15, 0.2) is 0 Å². The van der Waals surface area contributed by atoms with E-state index in [1.54, 1.807) is 0 Å². The summed E-state index contributed by atoms with van der Waals surface area (Å²) in [4.78, 5) is 0. The molecule has 0 saturated heterocycles. The van der Waals surface area contributed by atoms with E-state index in [1.807, 2.05) is 84.2 Å². The first-order valence-corrected chi connectivity index (χ1v) is 23.5. The van der Waals surface area contributed by atoms with Gasteiger partial charge in [0.1, 0.15) is 11.4 Å². The summed E-state index contributed by atoms with van der Waals surface area (Å²) in [5.41, 5.74) is 13.3. The molecule has 338 valence electrons. The Labute approximate surface area is 389 Å². The minimum absolute atomic E-state index is 0.806. The number of anilines is 4. The SMILES string of the molecule is CCCc1ccc(C)n1-c1ccc(Nc2ccc(N=Nc3n(CCCCCCn4cc[n+](C)c4N=Nc4ccc(Nc5ccc(-n6c(C)ccc6CCC)cc5)cc4)cc[n+]3C)cc2)cc1. The highest BCUT2D eigenvalue weighted by molar-refractivity contribution is 5.64. The van der Waals surface area contributed by atoms with Crippen LogP contribution >= 0.6 is 0 Å². The van der Waals surface area contributed by atoms with E-state index in [1.165, 1.54) is 34.2 Å². The number of aryl methyl sites for hydroxylation is 8. The third kappa shape index (κ3) is 11.1. The Morgan fingerprint density at radius 3 is 1.17 bits per heavy atom. The van der Waals surface area contributed by atoms with Crippen LogP contribution in [-0.2, 0) is 40.0 Å². The van der Waals surface area contributed by atoms with E-state index >= 15 is 0 Å². The number of nitrogens with one attached hydrogen (secondary N) is 2. The van der Waals surface area contributed by atoms with Crippen LogP contribution in [0.1, 0.15) is 75.1 Å². The molecule has 0 bridgehead atoms. The topological polar surface area (TPSA) is 101 Å². The Balaban J connectivity index is 0.771. The molecule has 0 unspecified atom stereocenters. The van der Waals surface area contributed by atoms with E-state index in [4.69, 9.17) is 0 Å². The second-order valence-electron chi connectivity index (χ2n) is 17.2. The number of azo groups is 2. The zero-order chi connectivity index (χ0) is 45.8. The van der Waals surface area contributed by atoms with Gasteiger partial charge in [0.2, 0.25) is 0 Å². The molecule has 0 aliphatic carbocycles. The summed E-state index contributed by atoms with van der Waals surface area (Å²) < 4.78 is 13.1. The average Bonchev–Trinajstić information content (AvgIpc) is 4.09. The zero-order valence-corrected chi connectivity index (χ0v) is 39.4. The lowest BCUT2D eigenvalue weighted by Gasteiger charge is -2.13. The van der Waals surface area contributed by atoms with E-state index in [0.717, 1.165) is 110 Å². The second kappa shape index (κ2) is 21.6. The van der Waals surface area contributed by atoms with Gasteiger partial charge in [0, 0.05) is 67.1 Å². The number of benzene rings is 4. The van der Waals surface area contributed by atoms with Crippen molar-refractivity contribution >= 4 is 46.0 Å². The highest BCUT2D eigenvalue weighted by Gasteiger charge is 2.16. The number of unbranched alkanes of at least 4 members (excludes halogenated alkanes) is 3. The standard InChI is InChI=1S/C54H62N12/c1-7-13-49-29-15-41(3)65(49)51-31-25-45(26-32-51)55-43-17-21-47(22-18-43)57-59-53-61(5)37-39-63(53)35-11-9-10-12-36-64-40-38-62(6)54(64)60-58-48-23-19-44(20-24-48)56-46-27-33-52(34-28-46)66-42(4)16-30-50(66)14-8-2/h15-34,37-40H,7-14,35-36H2,1-6H3/p+2. The maximum absolute atomic E-state index is 4.66. The largest absolute Gasteiger partial charge is 0.421 e. The Kier molecular flexibility index (Phi) is 14.8. The lowest BCUT2D eigenvalue weighted by molar-refractivity contribution is -0.657. The summed E-state index contributed by atoms with van der Waals surface area (Å²) in [5, 5.41) is 25.5. The molecule has 8 rings (SSSR count). The van der Waals surface area contributed by atoms with E-state index in [0.29, 0.717) is 0 Å². The van der Waals surface area contributed by atoms with Crippen LogP contribution in [0.5, 0.6) is 0 Å². The number of rotatable bonds is 21. The summed E-state index contributed by atoms with van der Waals surface area (Å²) in [6.45, 7) is 10.5. The van der Waals surface area contributed by atoms with Crippen molar-refractivity contribution in [1.82, 2.24) is 18.3 Å². The lowest BCUT2D eigenvalue weighted by atomic mass is 10.2. The molecule has 0 radical (unpaired) electrons. The zero-order valence-electron chi connectivity index (χ0n) is 39.4. The maximum Gasteiger partial charge on any atom is 0.421 e. The molecule has 0 aliphatic rings. The average molecular weight is 881 g/mol. The lowest BCUT2D eigenvalue weighted by Crippen LogP contribution is -2.25. The Bertz CT molecular complexity index is 2660. The molecule has 4 heterocycles. The minimum Gasteiger partial charge on any atom is -0.356 e. The van der Waals surface area contributed by atoms with Crippen LogP contribution in [0.2, 0.25) is 0 Å². The number of nitrogens with zero attached hydrogens (tertiary/aromatic N) is 10. The van der Waals surface area contributed by atoms with E-state index < -0.39 is 0 Å². The number of hydrogen-bond donors (Lipinski definition) is 2. The highest BCUT2D eigenvalue weighted by Crippen LogP contribution is 2.27. The third-order valence-electron chi connectivity index (χ3n) is 12.0. The van der Waals surface area contributed by atoms with Gasteiger partial charge in [-0.15, -0.1) is 0 Å². The number of hydrogen-bond acceptors (Lipinski definition) is 6. The fraction of sp³-hybridized carbons (Fsp3) is 0.296. The van der Waals surface area contributed by atoms with E-state index in [2.05, 4.69) is 162 Å². The summed E-state index contributed by atoms with van der Waals surface area (Å²) in [5.74, 6) is 1.65. The third-order valence-corrected chi connectivity index (χ3v) is 12.0. The van der Waals surface area contributed by atoms with Crippen molar-refractivity contribution < 1.29 is 9.13 Å². The number of imidazole rings is 2. The molecular weight excluding hydrogens is 817 g/mol. The summed E-state index contributed by atoms with van der Waals surface area (Å²) in [6, 6.07) is 42.2. The monoisotopic (exact) mass is 881 g/mol. The van der Waals surface area contributed by atoms with Gasteiger partial charge in [-0.1, -0.05) is 49.8 Å². The minimum atomic E-state index is 0.806. The van der Waals surface area contributed by atoms with Gasteiger partial charge in [-0.05, 0) is 161 Å². The molecule has 0 saturated carbocycles. The van der Waals surface area contributed by atoms with Gasteiger partial charge in [-0.3, -0.25) is 0 Å². The Morgan fingerprint density at radius 2 is 0.803 bits per heavy atom. The van der Waals surface area contributed by atoms with Gasteiger partial charge in [-0.25, -0.2) is 18.3 Å². The van der Waals surface area contributed by atoms with Crippen molar-refractivity contribution in [3.63, 3.8) is 0 Å². The predicted molar refractivity (Wildman–Crippen MR) is 266 cm³/mol. The van der Waals surface area contributed by atoms with E-state index in [-0.39, 0.29) is 0 Å². The summed E-state index contributed by atoms with van der Waals surface area (Å²) >= 11 is 0. The van der Waals surface area contributed by atoms with Crippen LogP contribution in [0.4, 0.5) is 46.0 Å². The molecule has 0 aliphatic heterocycles. The van der Waals surface area contributed by atoms with Crippen LogP contribution in [0.15, 0.2) is 167 Å². The first-order valence-electron chi connectivity index (χ1n) is 23.5. The first kappa shape index (κ1) is 45.2. The van der Waals surface area contributed by atoms with Crippen LogP contribution < -0.4 is 19.8 Å². The van der Waals surface area contributed by atoms with Gasteiger partial charge >= 0.3 is 11.9 Å². The van der Waals surface area contributed by atoms with Gasteiger partial charge in [0.05, 0.1) is 52.0 Å². The molecule has 12 nitrogen and oxygen atoms in total. The fourth-order valence-corrected chi connectivity index (χ4v) is 8.53. The molecule has 0 amide bonds. The normalized spacial score (nSPS) is 11.7. The summed E-state index contributed by atoms with van der Waals surface area (Å²) in [7, 11) is 4.03. The van der Waals surface area contributed by atoms with Crippen LogP contribution in [0.3, 0.4) is 0 Å². The first-order chi connectivity index (χ1) is 32.3. The van der Waals surface area contributed by atoms with Crippen molar-refractivity contribution in [3.05, 3.63) is 169 Å². The molecule has 66 heavy (non-hydrogen) atoms. The van der Waals surface area contributed by atoms with Crippen molar-refractivity contribution in [3.8, 4) is 11.4 Å². The molecule has 4 aromatic carbocycles. The smallest absolute Gasteiger partial charge is 0.356 e. The number of aromatic nitrogens is 6. The van der Waals surface area contributed by atoms with Crippen molar-refractivity contribution in [2.24, 2.45) is 34.6 Å². The Morgan fingerprint density at radius 1 is 0.439 bits per heavy atom. The quantitative estimate of drug-likeness (QED) is 0.0427. The van der Waals surface area contributed by atoms with E-state index in [9.17, 15) is 0 Å². The molecule has 2 N–H and O–H groups in total. The molecule has 0 spiro atoms. The molecule has 12 heteroatoms. The highest BCUT2D eigenvalue weighted by atomic mass is 15.3.